The van der Waals surface area contributed by atoms with Gasteiger partial charge in [-0.15, -0.1) is 0 Å². The smallest absolute Gasteiger partial charge is 0.168 e. The van der Waals surface area contributed by atoms with Crippen LogP contribution in [-0.2, 0) is 19.3 Å². The number of ether oxygens (including phenoxy) is 2. The summed E-state index contributed by atoms with van der Waals surface area (Å²) in [5.74, 6) is -0.415. The molecule has 0 aliphatic carbocycles. The molecule has 1 rings (SSSR count). The molecule has 0 amide bonds. The Morgan fingerprint density at radius 1 is 0.511 bits per heavy atom. The molecule has 1 saturated heterocycles. The van der Waals surface area contributed by atoms with Crippen molar-refractivity contribution >= 4 is 9.84 Å². The van der Waals surface area contributed by atoms with Gasteiger partial charge in [0, 0.05) is 25.0 Å². The van der Waals surface area contributed by atoms with Crippen molar-refractivity contribution in [3.63, 3.8) is 0 Å². The van der Waals surface area contributed by atoms with E-state index in [4.69, 9.17) is 9.47 Å². The Hall–Kier alpha value is -1.17. The monoisotopic (exact) mass is 677 g/mol. The molecule has 0 aromatic heterocycles. The minimum atomic E-state index is -3.02. The van der Waals surface area contributed by atoms with Crippen molar-refractivity contribution in [2.45, 2.75) is 187 Å². The van der Waals surface area contributed by atoms with Crippen LogP contribution >= 0.6 is 0 Å². The number of hydrogen-bond acceptors (Lipinski definition) is 4. The molecule has 1 heterocycles. The van der Waals surface area contributed by atoms with Gasteiger partial charge in [-0.1, -0.05) is 140 Å². The molecule has 0 aromatic carbocycles. The van der Waals surface area contributed by atoms with E-state index < -0.39 is 15.6 Å². The first-order valence-corrected chi connectivity index (χ1v) is 22.0. The summed E-state index contributed by atoms with van der Waals surface area (Å²) in [5, 5.41) is 0. The zero-order valence-corrected chi connectivity index (χ0v) is 32.1. The molecule has 0 atom stereocenters. The Labute approximate surface area is 293 Å². The highest BCUT2D eigenvalue weighted by atomic mass is 32.2. The van der Waals surface area contributed by atoms with Crippen molar-refractivity contribution < 1.29 is 17.9 Å². The van der Waals surface area contributed by atoms with Crippen molar-refractivity contribution in [1.29, 1.82) is 0 Å². The Balaban J connectivity index is 2.21. The van der Waals surface area contributed by atoms with Crippen LogP contribution in [0.15, 0.2) is 48.6 Å². The molecular formula is C42H76O4S. The van der Waals surface area contributed by atoms with Crippen molar-refractivity contribution in [2.75, 3.05) is 25.2 Å². The maximum atomic E-state index is 11.8. The summed E-state index contributed by atoms with van der Waals surface area (Å²) < 4.78 is 36.3. The topological polar surface area (TPSA) is 52.6 Å². The van der Waals surface area contributed by atoms with E-state index in [9.17, 15) is 8.42 Å². The van der Waals surface area contributed by atoms with Gasteiger partial charge in [-0.25, -0.2) is 8.42 Å². The van der Waals surface area contributed by atoms with Gasteiger partial charge in [0.15, 0.2) is 5.79 Å². The van der Waals surface area contributed by atoms with E-state index >= 15 is 0 Å². The molecule has 274 valence electrons. The minimum Gasteiger partial charge on any atom is -0.350 e. The summed E-state index contributed by atoms with van der Waals surface area (Å²) in [6.07, 6.45) is 51.6. The predicted octanol–water partition coefficient (Wildman–Crippen LogP) is 12.8. The summed E-state index contributed by atoms with van der Waals surface area (Å²) in [6, 6.07) is 0. The largest absolute Gasteiger partial charge is 0.350 e. The molecular weight excluding hydrogens is 601 g/mol. The third-order valence-corrected chi connectivity index (χ3v) is 10.3. The van der Waals surface area contributed by atoms with E-state index in [1.54, 1.807) is 0 Å². The van der Waals surface area contributed by atoms with Gasteiger partial charge in [0.05, 0.1) is 19.0 Å². The van der Waals surface area contributed by atoms with Crippen LogP contribution < -0.4 is 0 Å². The zero-order chi connectivity index (χ0) is 34.2. The van der Waals surface area contributed by atoms with Crippen LogP contribution in [0.2, 0.25) is 0 Å². The summed E-state index contributed by atoms with van der Waals surface area (Å²) in [5.41, 5.74) is 0. The van der Waals surface area contributed by atoms with Crippen LogP contribution in [0.1, 0.15) is 181 Å². The molecule has 1 aliphatic heterocycles. The lowest BCUT2D eigenvalue weighted by Gasteiger charge is -2.40. The molecule has 0 unspecified atom stereocenters. The molecule has 0 N–H and O–H groups in total. The number of hydrogen-bond donors (Lipinski definition) is 0. The fourth-order valence-electron chi connectivity index (χ4n) is 6.33. The van der Waals surface area contributed by atoms with Crippen molar-refractivity contribution in [1.82, 2.24) is 0 Å². The molecule has 47 heavy (non-hydrogen) atoms. The lowest BCUT2D eigenvalue weighted by molar-refractivity contribution is -0.287. The van der Waals surface area contributed by atoms with Gasteiger partial charge in [0.25, 0.3) is 0 Å². The average Bonchev–Trinajstić information content (AvgIpc) is 3.05. The highest BCUT2D eigenvalue weighted by molar-refractivity contribution is 7.90. The van der Waals surface area contributed by atoms with E-state index in [-0.39, 0.29) is 11.7 Å². The highest BCUT2D eigenvalue weighted by Gasteiger charge is 2.37. The van der Waals surface area contributed by atoms with E-state index in [2.05, 4.69) is 62.5 Å². The summed E-state index contributed by atoms with van der Waals surface area (Å²) in [7, 11) is -3.02. The van der Waals surface area contributed by atoms with Gasteiger partial charge in [-0.3, -0.25) is 0 Å². The fraction of sp³-hybridized carbons (Fsp3) is 0.810. The van der Waals surface area contributed by atoms with Gasteiger partial charge in [0.1, 0.15) is 9.84 Å². The van der Waals surface area contributed by atoms with Crippen molar-refractivity contribution in [2.24, 2.45) is 5.92 Å². The predicted molar refractivity (Wildman–Crippen MR) is 206 cm³/mol. The van der Waals surface area contributed by atoms with E-state index in [0.29, 0.717) is 13.2 Å². The zero-order valence-electron chi connectivity index (χ0n) is 31.2. The molecule has 0 radical (unpaired) electrons. The molecule has 5 heteroatoms. The van der Waals surface area contributed by atoms with Gasteiger partial charge in [0.2, 0.25) is 0 Å². The molecule has 4 nitrogen and oxygen atoms in total. The van der Waals surface area contributed by atoms with E-state index in [1.165, 1.54) is 135 Å². The van der Waals surface area contributed by atoms with Gasteiger partial charge >= 0.3 is 0 Å². The van der Waals surface area contributed by atoms with Crippen molar-refractivity contribution in [3.05, 3.63) is 48.6 Å². The minimum absolute atomic E-state index is 0.0511. The van der Waals surface area contributed by atoms with Gasteiger partial charge in [-0.2, -0.15) is 0 Å². The molecule has 1 fully saturated rings. The van der Waals surface area contributed by atoms with Crippen LogP contribution in [0, 0.1) is 5.92 Å². The molecule has 1 aliphatic rings. The summed E-state index contributed by atoms with van der Waals surface area (Å²) in [6.45, 7) is 5.50. The molecule has 0 aromatic rings. The fourth-order valence-corrected chi connectivity index (χ4v) is 7.38. The molecule has 0 bridgehead atoms. The normalized spacial score (nSPS) is 19.3. The van der Waals surface area contributed by atoms with E-state index in [0.717, 1.165) is 38.5 Å². The van der Waals surface area contributed by atoms with Gasteiger partial charge in [-0.05, 0) is 77.0 Å². The maximum Gasteiger partial charge on any atom is 0.168 e. The summed E-state index contributed by atoms with van der Waals surface area (Å²) in [4.78, 5) is 0. The Morgan fingerprint density at radius 2 is 0.851 bits per heavy atom. The Morgan fingerprint density at radius 3 is 1.21 bits per heavy atom. The van der Waals surface area contributed by atoms with Gasteiger partial charge < -0.3 is 9.47 Å². The average molecular weight is 677 g/mol. The first-order valence-electron chi connectivity index (χ1n) is 20.0. The van der Waals surface area contributed by atoms with Crippen LogP contribution in [0.25, 0.3) is 0 Å². The third kappa shape index (κ3) is 28.4. The van der Waals surface area contributed by atoms with Crippen LogP contribution in [0.3, 0.4) is 0 Å². The maximum absolute atomic E-state index is 11.8. The van der Waals surface area contributed by atoms with Crippen molar-refractivity contribution in [3.8, 4) is 0 Å². The second kappa shape index (κ2) is 30.9. The molecule has 0 saturated carbocycles. The third-order valence-electron chi connectivity index (χ3n) is 9.22. The highest BCUT2D eigenvalue weighted by Crippen LogP contribution is 2.33. The first kappa shape index (κ1) is 43.9. The second-order valence-electron chi connectivity index (χ2n) is 14.2. The number of unbranched alkanes of at least 4 members (excludes halogenated alkanes) is 18. The Kier molecular flexibility index (Phi) is 28.8. The lowest BCUT2D eigenvalue weighted by atomic mass is 9.97. The van der Waals surface area contributed by atoms with Crippen LogP contribution in [0.5, 0.6) is 0 Å². The van der Waals surface area contributed by atoms with E-state index in [1.807, 2.05) is 0 Å². The summed E-state index contributed by atoms with van der Waals surface area (Å²) >= 11 is 0. The number of sulfone groups is 1. The van der Waals surface area contributed by atoms with Crippen LogP contribution in [0.4, 0.5) is 0 Å². The number of rotatable bonds is 32. The Bertz CT molecular complexity index is 859. The molecule has 0 spiro atoms. The number of allylic oxidation sites excluding steroid dienone is 8. The lowest BCUT2D eigenvalue weighted by Crippen LogP contribution is -2.45. The second-order valence-corrected chi connectivity index (χ2v) is 16.3. The quantitative estimate of drug-likeness (QED) is 0.0525. The van der Waals surface area contributed by atoms with Crippen LogP contribution in [-0.4, -0.2) is 39.4 Å². The standard InChI is InChI=1S/C42H76O4S/c1-4-6-8-10-12-14-16-18-20-22-24-26-28-30-32-34-36-42(45-38-41(39-46-42)40-47(3,43)44)37-35-33-31-29-27-25-23-21-19-17-15-13-11-9-7-5-2/h12-15,18-21,41H,4-11,16-17,22-40H2,1-3H3. The first-order chi connectivity index (χ1) is 22.9. The SMILES string of the molecule is CCCCCC=CCC=CCCCCCCCCC1(CCCCCCCCC=CCC=CCCCCC)OCC(CS(C)(=O)=O)CO1.